The van der Waals surface area contributed by atoms with Crippen molar-refractivity contribution in [1.29, 1.82) is 0 Å². The van der Waals surface area contributed by atoms with Gasteiger partial charge in [0.05, 0.1) is 17.8 Å². The predicted octanol–water partition coefficient (Wildman–Crippen LogP) is 3.89. The summed E-state index contributed by atoms with van der Waals surface area (Å²) in [6.45, 7) is 11.1. The zero-order chi connectivity index (χ0) is 25.5. The highest BCUT2D eigenvalue weighted by atomic mass is 35.5. The number of halogens is 1. The fraction of sp³-hybridized carbons (Fsp3) is 0.462. The van der Waals surface area contributed by atoms with Gasteiger partial charge < -0.3 is 14.4 Å². The number of amides is 2. The number of likely N-dealkylation sites (N-methyl/N-ethyl adjacent to an activating group) is 1. The molecule has 0 saturated carbocycles. The Kier molecular flexibility index (Phi) is 6.77. The molecule has 1 aromatic carbocycles. The van der Waals surface area contributed by atoms with Crippen LogP contribution in [0.5, 0.6) is 0 Å². The van der Waals surface area contributed by atoms with E-state index in [0.717, 1.165) is 39.4 Å². The lowest BCUT2D eigenvalue weighted by molar-refractivity contribution is -0.125. The summed E-state index contributed by atoms with van der Waals surface area (Å²) in [5.41, 5.74) is 3.41. The summed E-state index contributed by atoms with van der Waals surface area (Å²) in [7, 11) is 3.66. The van der Waals surface area contributed by atoms with Gasteiger partial charge >= 0.3 is 0 Å². The van der Waals surface area contributed by atoms with E-state index in [1.807, 2.05) is 17.7 Å². The van der Waals surface area contributed by atoms with Gasteiger partial charge in [0, 0.05) is 49.7 Å². The van der Waals surface area contributed by atoms with Crippen molar-refractivity contribution in [3.63, 3.8) is 0 Å². The zero-order valence-electron chi connectivity index (χ0n) is 21.1. The average Bonchev–Trinajstić information content (AvgIpc) is 3.53. The molecule has 3 aromatic rings. The van der Waals surface area contributed by atoms with Crippen molar-refractivity contribution in [1.82, 2.24) is 29.5 Å². The Morgan fingerprint density at radius 2 is 2.06 bits per heavy atom. The number of fused-ring (bicyclic) bond motifs is 1. The number of carbonyl (C=O) groups is 2. The lowest BCUT2D eigenvalue weighted by Crippen LogP contribution is -2.40. The van der Waals surface area contributed by atoms with Crippen LogP contribution in [-0.4, -0.2) is 67.5 Å². The van der Waals surface area contributed by atoms with Crippen LogP contribution >= 0.6 is 11.6 Å². The molecule has 2 aromatic heterocycles. The standard InChI is InChI=1S/C26H33ClN6O2/c1-7-24(34)33-11-10-16(15-33)31(5)25(35)22-14-28-23(32(22)6)9-8-20-17-12-18(26(2,3)4)19(27)13-21(17)30-29-20/h7,12-14,16H,1,8-11,15H2,2-6H3,(H,29,30)/t16-/m1/s1. The van der Waals surface area contributed by atoms with Crippen LogP contribution in [0.4, 0.5) is 0 Å². The highest BCUT2D eigenvalue weighted by molar-refractivity contribution is 6.32. The average molecular weight is 497 g/mol. The van der Waals surface area contributed by atoms with Gasteiger partial charge in [0.1, 0.15) is 11.5 Å². The third-order valence-electron chi connectivity index (χ3n) is 6.95. The number of hydrogen-bond donors (Lipinski definition) is 1. The smallest absolute Gasteiger partial charge is 0.272 e. The Bertz CT molecular complexity index is 1280. The van der Waals surface area contributed by atoms with Crippen LogP contribution < -0.4 is 0 Å². The van der Waals surface area contributed by atoms with Crippen LogP contribution in [0, 0.1) is 0 Å². The van der Waals surface area contributed by atoms with E-state index >= 15 is 0 Å². The van der Waals surface area contributed by atoms with Gasteiger partial charge in [0.2, 0.25) is 5.91 Å². The quantitative estimate of drug-likeness (QED) is 0.524. The molecule has 1 aliphatic heterocycles. The number of aromatic nitrogens is 4. The second-order valence-electron chi connectivity index (χ2n) is 10.3. The maximum absolute atomic E-state index is 13.2. The summed E-state index contributed by atoms with van der Waals surface area (Å²) < 4.78 is 1.86. The first-order valence-corrected chi connectivity index (χ1v) is 12.2. The van der Waals surface area contributed by atoms with Gasteiger partial charge in [-0.1, -0.05) is 39.0 Å². The first-order chi connectivity index (χ1) is 16.5. The van der Waals surface area contributed by atoms with Crippen molar-refractivity contribution in [3.05, 3.63) is 58.8 Å². The molecule has 1 aliphatic rings. The van der Waals surface area contributed by atoms with E-state index in [4.69, 9.17) is 11.6 Å². The molecule has 1 atom stereocenters. The Labute approximate surface area is 210 Å². The first kappa shape index (κ1) is 25.0. The third kappa shape index (κ3) is 4.85. The van der Waals surface area contributed by atoms with Crippen LogP contribution in [0.2, 0.25) is 5.02 Å². The minimum Gasteiger partial charge on any atom is -0.337 e. The predicted molar refractivity (Wildman–Crippen MR) is 138 cm³/mol. The normalized spacial score (nSPS) is 16.2. The van der Waals surface area contributed by atoms with Crippen molar-refractivity contribution >= 4 is 34.3 Å². The van der Waals surface area contributed by atoms with Crippen LogP contribution in [0.3, 0.4) is 0 Å². The number of aromatic amines is 1. The van der Waals surface area contributed by atoms with E-state index in [0.29, 0.717) is 31.6 Å². The molecule has 3 heterocycles. The second kappa shape index (κ2) is 9.49. The number of benzene rings is 1. The van der Waals surface area contributed by atoms with Gasteiger partial charge in [-0.15, -0.1) is 0 Å². The van der Waals surface area contributed by atoms with Crippen LogP contribution in [0.15, 0.2) is 31.0 Å². The first-order valence-electron chi connectivity index (χ1n) is 11.9. The zero-order valence-corrected chi connectivity index (χ0v) is 21.8. The number of hydrogen-bond acceptors (Lipinski definition) is 4. The Balaban J connectivity index is 1.47. The molecule has 0 bridgehead atoms. The third-order valence-corrected chi connectivity index (χ3v) is 7.26. The van der Waals surface area contributed by atoms with Crippen LogP contribution in [0.1, 0.15) is 54.8 Å². The molecule has 0 radical (unpaired) electrons. The summed E-state index contributed by atoms with van der Waals surface area (Å²) in [6.07, 6.45) is 5.07. The van der Waals surface area contributed by atoms with E-state index in [1.54, 1.807) is 23.0 Å². The number of rotatable bonds is 6. The molecule has 1 fully saturated rings. The molecule has 4 rings (SSSR count). The van der Waals surface area contributed by atoms with Gasteiger partial charge in [-0.05, 0) is 42.0 Å². The molecule has 9 heteroatoms. The van der Waals surface area contributed by atoms with E-state index in [9.17, 15) is 9.59 Å². The summed E-state index contributed by atoms with van der Waals surface area (Å²) in [6, 6.07) is 4.02. The second-order valence-corrected chi connectivity index (χ2v) is 10.7. The topological polar surface area (TPSA) is 87.1 Å². The summed E-state index contributed by atoms with van der Waals surface area (Å²) in [5, 5.41) is 9.36. The van der Waals surface area contributed by atoms with Crippen LogP contribution in [0.25, 0.3) is 10.9 Å². The monoisotopic (exact) mass is 496 g/mol. The summed E-state index contributed by atoms with van der Waals surface area (Å²) >= 11 is 6.50. The Hall–Kier alpha value is -3.13. The minimum atomic E-state index is -0.0978. The molecule has 2 amide bonds. The Morgan fingerprint density at radius 3 is 2.74 bits per heavy atom. The maximum Gasteiger partial charge on any atom is 0.272 e. The number of likely N-dealkylation sites (tertiary alicyclic amines) is 1. The molecule has 186 valence electrons. The lowest BCUT2D eigenvalue weighted by atomic mass is 9.86. The minimum absolute atomic E-state index is 0.0232. The van der Waals surface area contributed by atoms with E-state index in [2.05, 4.69) is 48.6 Å². The molecule has 1 saturated heterocycles. The summed E-state index contributed by atoms with van der Waals surface area (Å²) in [5.74, 6) is 0.629. The number of carbonyl (C=O) groups excluding carboxylic acids is 2. The number of H-pyrrole nitrogens is 1. The number of nitrogens with zero attached hydrogens (tertiary/aromatic N) is 5. The molecule has 0 unspecified atom stereocenters. The van der Waals surface area contributed by atoms with Crippen molar-refractivity contribution in [3.8, 4) is 0 Å². The maximum atomic E-state index is 13.2. The molecule has 35 heavy (non-hydrogen) atoms. The molecular weight excluding hydrogens is 464 g/mol. The molecule has 1 N–H and O–H groups in total. The molecule has 8 nitrogen and oxygen atoms in total. The number of nitrogens with one attached hydrogen (secondary N) is 1. The summed E-state index contributed by atoms with van der Waals surface area (Å²) in [4.78, 5) is 33.1. The van der Waals surface area contributed by atoms with E-state index in [-0.39, 0.29) is 23.3 Å². The van der Waals surface area contributed by atoms with Gasteiger partial charge in [-0.3, -0.25) is 14.7 Å². The van der Waals surface area contributed by atoms with E-state index < -0.39 is 0 Å². The van der Waals surface area contributed by atoms with E-state index in [1.165, 1.54) is 6.08 Å². The molecule has 0 aliphatic carbocycles. The van der Waals surface area contributed by atoms with Crippen molar-refractivity contribution in [2.75, 3.05) is 20.1 Å². The molecular formula is C26H33ClN6O2. The number of aryl methyl sites for hydroxylation is 2. The Morgan fingerprint density at radius 1 is 1.31 bits per heavy atom. The highest BCUT2D eigenvalue weighted by Crippen LogP contribution is 2.33. The van der Waals surface area contributed by atoms with Crippen molar-refractivity contribution < 1.29 is 9.59 Å². The fourth-order valence-electron chi connectivity index (χ4n) is 4.70. The van der Waals surface area contributed by atoms with Gasteiger partial charge in [0.25, 0.3) is 5.91 Å². The molecule has 0 spiro atoms. The lowest BCUT2D eigenvalue weighted by Gasteiger charge is -2.24. The van der Waals surface area contributed by atoms with Crippen molar-refractivity contribution in [2.24, 2.45) is 7.05 Å². The van der Waals surface area contributed by atoms with Crippen molar-refractivity contribution in [2.45, 2.75) is 51.5 Å². The SMILES string of the molecule is C=CC(=O)N1CC[C@@H](N(C)C(=O)c2cnc(CCc3[nH]nc4cc(Cl)c(C(C)(C)C)cc34)n2C)C1. The van der Waals surface area contributed by atoms with Gasteiger partial charge in [-0.2, -0.15) is 5.10 Å². The fourth-order valence-corrected chi connectivity index (χ4v) is 5.14. The van der Waals surface area contributed by atoms with Gasteiger partial charge in [-0.25, -0.2) is 4.98 Å². The number of imidazole rings is 1. The highest BCUT2D eigenvalue weighted by Gasteiger charge is 2.31. The largest absolute Gasteiger partial charge is 0.337 e. The van der Waals surface area contributed by atoms with Gasteiger partial charge in [0.15, 0.2) is 0 Å². The van der Waals surface area contributed by atoms with Crippen LogP contribution in [-0.2, 0) is 30.1 Å².